The number of allylic oxidation sites excluding steroid dienone is 1. The van der Waals surface area contributed by atoms with Crippen molar-refractivity contribution in [1.29, 1.82) is 0 Å². The van der Waals surface area contributed by atoms with Crippen molar-refractivity contribution in [3.05, 3.63) is 86.6 Å². The van der Waals surface area contributed by atoms with Crippen molar-refractivity contribution >= 4 is 5.70 Å². The van der Waals surface area contributed by atoms with E-state index in [1.807, 2.05) is 48.5 Å². The summed E-state index contributed by atoms with van der Waals surface area (Å²) in [5, 5.41) is 11.5. The van der Waals surface area contributed by atoms with Crippen molar-refractivity contribution in [2.75, 3.05) is 0 Å². The van der Waals surface area contributed by atoms with E-state index in [2.05, 4.69) is 6.92 Å². The Hall–Kier alpha value is -2.62. The SMILES string of the molecule is CCc1cccc(C2C([N+](=O)[O-])=C(N)c3ccccc32)c1. The highest BCUT2D eigenvalue weighted by atomic mass is 16.6. The number of rotatable bonds is 3. The van der Waals surface area contributed by atoms with Gasteiger partial charge in [0.1, 0.15) is 11.6 Å². The van der Waals surface area contributed by atoms with Crippen LogP contribution in [0.5, 0.6) is 0 Å². The van der Waals surface area contributed by atoms with Crippen LogP contribution in [-0.4, -0.2) is 4.92 Å². The summed E-state index contributed by atoms with van der Waals surface area (Å²) in [5.74, 6) is -0.386. The topological polar surface area (TPSA) is 69.2 Å². The molecule has 0 aliphatic heterocycles. The molecule has 4 nitrogen and oxygen atoms in total. The lowest BCUT2D eigenvalue weighted by atomic mass is 9.90. The highest BCUT2D eigenvalue weighted by Gasteiger charge is 2.39. The highest BCUT2D eigenvalue weighted by Crippen LogP contribution is 2.43. The van der Waals surface area contributed by atoms with E-state index < -0.39 is 0 Å². The summed E-state index contributed by atoms with van der Waals surface area (Å²) < 4.78 is 0. The van der Waals surface area contributed by atoms with E-state index >= 15 is 0 Å². The maximum atomic E-state index is 11.5. The fourth-order valence-corrected chi connectivity index (χ4v) is 2.97. The van der Waals surface area contributed by atoms with Crippen LogP contribution in [0.2, 0.25) is 0 Å². The lowest BCUT2D eigenvalue weighted by Crippen LogP contribution is -2.11. The van der Waals surface area contributed by atoms with Gasteiger partial charge in [-0.3, -0.25) is 10.1 Å². The van der Waals surface area contributed by atoms with Crippen molar-refractivity contribution in [2.24, 2.45) is 5.73 Å². The van der Waals surface area contributed by atoms with Crippen LogP contribution in [0.25, 0.3) is 5.70 Å². The van der Waals surface area contributed by atoms with Crippen molar-refractivity contribution in [3.63, 3.8) is 0 Å². The number of aryl methyl sites for hydroxylation is 1. The van der Waals surface area contributed by atoms with Gasteiger partial charge in [-0.25, -0.2) is 0 Å². The number of nitrogens with two attached hydrogens (primary N) is 1. The van der Waals surface area contributed by atoms with Gasteiger partial charge in [-0.05, 0) is 23.1 Å². The van der Waals surface area contributed by atoms with Crippen LogP contribution >= 0.6 is 0 Å². The Bertz CT molecular complexity index is 750. The van der Waals surface area contributed by atoms with E-state index in [0.29, 0.717) is 0 Å². The first-order valence-electron chi connectivity index (χ1n) is 6.95. The Morgan fingerprint density at radius 1 is 1.19 bits per heavy atom. The Kier molecular flexibility index (Phi) is 3.22. The van der Waals surface area contributed by atoms with E-state index in [-0.39, 0.29) is 22.2 Å². The molecular weight excluding hydrogens is 264 g/mol. The molecule has 0 bridgehead atoms. The monoisotopic (exact) mass is 280 g/mol. The molecule has 1 unspecified atom stereocenters. The zero-order valence-corrected chi connectivity index (χ0v) is 11.7. The van der Waals surface area contributed by atoms with Crippen LogP contribution in [0.1, 0.15) is 35.1 Å². The molecular formula is C17H16N2O2. The summed E-state index contributed by atoms with van der Waals surface area (Å²) in [6, 6.07) is 15.5. The van der Waals surface area contributed by atoms with E-state index in [4.69, 9.17) is 5.73 Å². The molecule has 2 aromatic carbocycles. The minimum atomic E-state index is -0.386. The Morgan fingerprint density at radius 2 is 1.95 bits per heavy atom. The van der Waals surface area contributed by atoms with Gasteiger partial charge < -0.3 is 5.73 Å². The summed E-state index contributed by atoms with van der Waals surface area (Å²) in [4.78, 5) is 11.1. The summed E-state index contributed by atoms with van der Waals surface area (Å²) in [5.41, 5.74) is 10.2. The van der Waals surface area contributed by atoms with Gasteiger partial charge in [0.2, 0.25) is 0 Å². The number of nitrogens with zero attached hydrogens (tertiary/aromatic N) is 1. The predicted octanol–water partition coefficient (Wildman–Crippen LogP) is 3.30. The number of benzene rings is 2. The van der Waals surface area contributed by atoms with Gasteiger partial charge in [-0.1, -0.05) is 55.5 Å². The number of nitro groups is 1. The van der Waals surface area contributed by atoms with Crippen molar-refractivity contribution in [3.8, 4) is 0 Å². The smallest absolute Gasteiger partial charge is 0.281 e. The Morgan fingerprint density at radius 3 is 2.67 bits per heavy atom. The number of hydrogen-bond acceptors (Lipinski definition) is 3. The first-order chi connectivity index (χ1) is 10.1. The molecule has 0 saturated heterocycles. The van der Waals surface area contributed by atoms with E-state index in [1.54, 1.807) is 0 Å². The Labute approximate surface area is 123 Å². The van der Waals surface area contributed by atoms with Crippen LogP contribution in [-0.2, 0) is 6.42 Å². The summed E-state index contributed by atoms with van der Waals surface area (Å²) in [7, 11) is 0. The van der Waals surface area contributed by atoms with Crippen molar-refractivity contribution in [1.82, 2.24) is 0 Å². The second-order valence-electron chi connectivity index (χ2n) is 5.17. The second-order valence-corrected chi connectivity index (χ2v) is 5.17. The summed E-state index contributed by atoms with van der Waals surface area (Å²) >= 11 is 0. The first kappa shape index (κ1) is 13.4. The normalized spacial score (nSPS) is 16.9. The molecule has 0 heterocycles. The largest absolute Gasteiger partial charge is 0.393 e. The molecule has 21 heavy (non-hydrogen) atoms. The summed E-state index contributed by atoms with van der Waals surface area (Å²) in [6.45, 7) is 2.07. The lowest BCUT2D eigenvalue weighted by Gasteiger charge is -2.12. The van der Waals surface area contributed by atoms with E-state index in [9.17, 15) is 10.1 Å². The number of hydrogen-bond donors (Lipinski definition) is 1. The lowest BCUT2D eigenvalue weighted by molar-refractivity contribution is -0.427. The molecule has 4 heteroatoms. The summed E-state index contributed by atoms with van der Waals surface area (Å²) in [6.07, 6.45) is 0.898. The van der Waals surface area contributed by atoms with Crippen LogP contribution in [0.3, 0.4) is 0 Å². The zero-order valence-electron chi connectivity index (χ0n) is 11.7. The van der Waals surface area contributed by atoms with Crippen LogP contribution in [0.15, 0.2) is 54.2 Å². The van der Waals surface area contributed by atoms with Crippen LogP contribution in [0.4, 0.5) is 0 Å². The van der Waals surface area contributed by atoms with Crippen molar-refractivity contribution in [2.45, 2.75) is 19.3 Å². The van der Waals surface area contributed by atoms with E-state index in [0.717, 1.165) is 28.7 Å². The highest BCUT2D eigenvalue weighted by molar-refractivity contribution is 5.76. The van der Waals surface area contributed by atoms with Gasteiger partial charge in [0.25, 0.3) is 5.70 Å². The minimum absolute atomic E-state index is 0.0875. The average molecular weight is 280 g/mol. The molecule has 0 fully saturated rings. The molecule has 0 saturated carbocycles. The minimum Gasteiger partial charge on any atom is -0.393 e. The number of fused-ring (bicyclic) bond motifs is 1. The first-order valence-corrected chi connectivity index (χ1v) is 6.95. The van der Waals surface area contributed by atoms with Crippen LogP contribution in [0, 0.1) is 10.1 Å². The van der Waals surface area contributed by atoms with Crippen LogP contribution < -0.4 is 5.73 Å². The van der Waals surface area contributed by atoms with Gasteiger partial charge in [-0.15, -0.1) is 0 Å². The van der Waals surface area contributed by atoms with Gasteiger partial charge in [0.15, 0.2) is 0 Å². The molecule has 1 aliphatic carbocycles. The van der Waals surface area contributed by atoms with E-state index in [1.165, 1.54) is 0 Å². The van der Waals surface area contributed by atoms with Gasteiger partial charge >= 0.3 is 0 Å². The standard InChI is InChI=1S/C17H16N2O2/c1-2-11-6-5-7-12(10-11)15-13-8-3-4-9-14(13)16(18)17(15)19(20)21/h3-10,15H,2,18H2,1H3. The third-order valence-corrected chi connectivity index (χ3v) is 4.00. The third kappa shape index (κ3) is 2.09. The predicted molar refractivity (Wildman–Crippen MR) is 82.2 cm³/mol. The molecule has 106 valence electrons. The molecule has 0 amide bonds. The molecule has 0 radical (unpaired) electrons. The molecule has 2 aromatic rings. The maximum Gasteiger partial charge on any atom is 0.281 e. The average Bonchev–Trinajstić information content (AvgIpc) is 2.81. The fourth-order valence-electron chi connectivity index (χ4n) is 2.97. The zero-order chi connectivity index (χ0) is 15.0. The molecule has 1 aliphatic rings. The third-order valence-electron chi connectivity index (χ3n) is 4.00. The Balaban J connectivity index is 2.21. The second kappa shape index (κ2) is 5.05. The van der Waals surface area contributed by atoms with Gasteiger partial charge in [-0.2, -0.15) is 0 Å². The molecule has 2 N–H and O–H groups in total. The molecule has 1 atom stereocenters. The fraction of sp³-hybridized carbons (Fsp3) is 0.176. The van der Waals surface area contributed by atoms with Gasteiger partial charge in [0, 0.05) is 5.56 Å². The molecule has 0 aromatic heterocycles. The quantitative estimate of drug-likeness (QED) is 0.692. The van der Waals surface area contributed by atoms with Crippen molar-refractivity contribution < 1.29 is 4.92 Å². The molecule has 0 spiro atoms. The molecule has 3 rings (SSSR count). The van der Waals surface area contributed by atoms with Gasteiger partial charge in [0.05, 0.1) is 4.92 Å². The maximum absolute atomic E-state index is 11.5.